The summed E-state index contributed by atoms with van der Waals surface area (Å²) in [5.41, 5.74) is 2.75. The second-order valence-electron chi connectivity index (χ2n) is 8.03. The van der Waals surface area contributed by atoms with E-state index in [1.165, 1.54) is 18.2 Å². The van der Waals surface area contributed by atoms with E-state index in [4.69, 9.17) is 0 Å². The number of hydrogen-bond donors (Lipinski definition) is 2. The van der Waals surface area contributed by atoms with Crippen LogP contribution in [0.25, 0.3) is 0 Å². The third-order valence-electron chi connectivity index (χ3n) is 4.54. The van der Waals surface area contributed by atoms with Crippen molar-refractivity contribution in [1.82, 2.24) is 10.2 Å². The standard InChI is InChI=1S/C23H31FN4O2/c1-15(2)25-23(30)26-20-10-11-21(27(5)6)18(13-20)14-28(16(3)4)22(29)17-8-7-9-19(24)12-17/h7-13,15-16H,14H2,1-6H3,(H2,25,26,30). The number of nitrogens with one attached hydrogen (secondary N) is 2. The lowest BCUT2D eigenvalue weighted by atomic mass is 10.1. The molecule has 0 aromatic heterocycles. The molecule has 162 valence electrons. The van der Waals surface area contributed by atoms with Gasteiger partial charge >= 0.3 is 6.03 Å². The van der Waals surface area contributed by atoms with E-state index in [0.717, 1.165) is 11.3 Å². The molecule has 0 heterocycles. The van der Waals surface area contributed by atoms with E-state index in [-0.39, 0.29) is 24.0 Å². The predicted molar refractivity (Wildman–Crippen MR) is 119 cm³/mol. The molecule has 0 aliphatic carbocycles. The molecule has 30 heavy (non-hydrogen) atoms. The summed E-state index contributed by atoms with van der Waals surface area (Å²) in [6, 6.07) is 10.9. The maximum Gasteiger partial charge on any atom is 0.319 e. The van der Waals surface area contributed by atoms with Crippen molar-refractivity contribution in [3.63, 3.8) is 0 Å². The first kappa shape index (κ1) is 23.2. The Morgan fingerprint density at radius 3 is 2.30 bits per heavy atom. The summed E-state index contributed by atoms with van der Waals surface area (Å²) >= 11 is 0. The number of rotatable bonds is 7. The van der Waals surface area contributed by atoms with Gasteiger partial charge in [0.05, 0.1) is 0 Å². The summed E-state index contributed by atoms with van der Waals surface area (Å²) in [7, 11) is 3.84. The Balaban J connectivity index is 2.34. The molecule has 0 atom stereocenters. The fourth-order valence-electron chi connectivity index (χ4n) is 3.12. The van der Waals surface area contributed by atoms with Crippen LogP contribution in [0.15, 0.2) is 42.5 Å². The summed E-state index contributed by atoms with van der Waals surface area (Å²) in [4.78, 5) is 28.8. The molecule has 0 spiro atoms. The molecular weight excluding hydrogens is 383 g/mol. The van der Waals surface area contributed by atoms with Crippen LogP contribution in [-0.4, -0.2) is 43.0 Å². The number of urea groups is 1. The van der Waals surface area contributed by atoms with Gasteiger partial charge in [-0.05, 0) is 69.7 Å². The van der Waals surface area contributed by atoms with E-state index in [1.807, 2.05) is 64.9 Å². The molecule has 0 saturated carbocycles. The third kappa shape index (κ3) is 6.20. The molecule has 7 heteroatoms. The molecule has 2 aromatic carbocycles. The van der Waals surface area contributed by atoms with Crippen molar-refractivity contribution in [2.45, 2.75) is 46.3 Å². The fourth-order valence-corrected chi connectivity index (χ4v) is 3.12. The van der Waals surface area contributed by atoms with E-state index in [2.05, 4.69) is 10.6 Å². The van der Waals surface area contributed by atoms with Gasteiger partial charge in [0.1, 0.15) is 5.82 Å². The predicted octanol–water partition coefficient (Wildman–Crippen LogP) is 4.47. The Bertz CT molecular complexity index is 897. The summed E-state index contributed by atoms with van der Waals surface area (Å²) in [5, 5.41) is 5.62. The van der Waals surface area contributed by atoms with Gasteiger partial charge in [0, 0.05) is 49.7 Å². The average Bonchev–Trinajstić information content (AvgIpc) is 2.64. The zero-order valence-electron chi connectivity index (χ0n) is 18.5. The van der Waals surface area contributed by atoms with E-state index < -0.39 is 5.82 Å². The van der Waals surface area contributed by atoms with Crippen molar-refractivity contribution < 1.29 is 14.0 Å². The molecule has 0 aliphatic heterocycles. The minimum Gasteiger partial charge on any atom is -0.377 e. The van der Waals surface area contributed by atoms with E-state index in [9.17, 15) is 14.0 Å². The number of carbonyl (C=O) groups is 2. The topological polar surface area (TPSA) is 64.7 Å². The summed E-state index contributed by atoms with van der Waals surface area (Å²) < 4.78 is 13.6. The van der Waals surface area contributed by atoms with Crippen LogP contribution in [-0.2, 0) is 6.54 Å². The lowest BCUT2D eigenvalue weighted by molar-refractivity contribution is 0.0690. The Labute approximate surface area is 178 Å². The number of carbonyl (C=O) groups excluding carboxylic acids is 2. The molecule has 0 bridgehead atoms. The second-order valence-corrected chi connectivity index (χ2v) is 8.03. The number of halogens is 1. The average molecular weight is 415 g/mol. The van der Waals surface area contributed by atoms with Gasteiger partial charge < -0.3 is 20.4 Å². The van der Waals surface area contributed by atoms with Crippen molar-refractivity contribution in [3.05, 3.63) is 59.4 Å². The molecule has 0 aliphatic rings. The smallest absolute Gasteiger partial charge is 0.319 e. The van der Waals surface area contributed by atoms with Gasteiger partial charge in [0.25, 0.3) is 5.91 Å². The molecule has 2 N–H and O–H groups in total. The zero-order chi connectivity index (χ0) is 22.4. The van der Waals surface area contributed by atoms with Crippen LogP contribution in [0.5, 0.6) is 0 Å². The quantitative estimate of drug-likeness (QED) is 0.702. The molecule has 0 saturated heterocycles. The molecule has 0 radical (unpaired) electrons. The van der Waals surface area contributed by atoms with Crippen LogP contribution < -0.4 is 15.5 Å². The summed E-state index contributed by atoms with van der Waals surface area (Å²) in [6.45, 7) is 7.94. The normalized spacial score (nSPS) is 10.8. The molecular formula is C23H31FN4O2. The van der Waals surface area contributed by atoms with Crippen LogP contribution in [0.2, 0.25) is 0 Å². The monoisotopic (exact) mass is 414 g/mol. The van der Waals surface area contributed by atoms with Crippen LogP contribution in [0.1, 0.15) is 43.6 Å². The Morgan fingerprint density at radius 2 is 1.73 bits per heavy atom. The number of benzene rings is 2. The summed E-state index contributed by atoms with van der Waals surface area (Å²) in [6.07, 6.45) is 0. The lowest BCUT2D eigenvalue weighted by Gasteiger charge is -2.29. The van der Waals surface area contributed by atoms with Crippen molar-refractivity contribution in [2.24, 2.45) is 0 Å². The van der Waals surface area contributed by atoms with Gasteiger partial charge in [0.15, 0.2) is 0 Å². The molecule has 3 amide bonds. The maximum absolute atomic E-state index is 13.6. The Morgan fingerprint density at radius 1 is 1.03 bits per heavy atom. The highest BCUT2D eigenvalue weighted by Gasteiger charge is 2.21. The maximum atomic E-state index is 13.6. The van der Waals surface area contributed by atoms with Crippen LogP contribution in [0.4, 0.5) is 20.6 Å². The van der Waals surface area contributed by atoms with Gasteiger partial charge in [-0.3, -0.25) is 4.79 Å². The van der Waals surface area contributed by atoms with E-state index in [1.54, 1.807) is 11.0 Å². The Kier molecular flexibility index (Phi) is 7.80. The van der Waals surface area contributed by atoms with Crippen LogP contribution in [0, 0.1) is 5.82 Å². The van der Waals surface area contributed by atoms with Gasteiger partial charge in [-0.2, -0.15) is 0 Å². The third-order valence-corrected chi connectivity index (χ3v) is 4.54. The number of hydrogen-bond acceptors (Lipinski definition) is 3. The highest BCUT2D eigenvalue weighted by atomic mass is 19.1. The number of anilines is 2. The van der Waals surface area contributed by atoms with Crippen molar-refractivity contribution in [2.75, 3.05) is 24.3 Å². The van der Waals surface area contributed by atoms with Gasteiger partial charge in [-0.15, -0.1) is 0 Å². The minimum absolute atomic E-state index is 0.0193. The second kappa shape index (κ2) is 10.1. The van der Waals surface area contributed by atoms with Gasteiger partial charge in [-0.1, -0.05) is 6.07 Å². The molecule has 6 nitrogen and oxygen atoms in total. The fraction of sp³-hybridized carbons (Fsp3) is 0.391. The minimum atomic E-state index is -0.444. The molecule has 2 aromatic rings. The molecule has 0 fully saturated rings. The SMILES string of the molecule is CC(C)NC(=O)Nc1ccc(N(C)C)c(CN(C(=O)c2cccc(F)c2)C(C)C)c1. The van der Waals surface area contributed by atoms with E-state index in [0.29, 0.717) is 17.8 Å². The van der Waals surface area contributed by atoms with Crippen molar-refractivity contribution >= 4 is 23.3 Å². The van der Waals surface area contributed by atoms with Gasteiger partial charge in [-0.25, -0.2) is 9.18 Å². The van der Waals surface area contributed by atoms with E-state index >= 15 is 0 Å². The first-order valence-corrected chi connectivity index (χ1v) is 10.0. The highest BCUT2D eigenvalue weighted by Crippen LogP contribution is 2.26. The van der Waals surface area contributed by atoms with Crippen LogP contribution in [0.3, 0.4) is 0 Å². The van der Waals surface area contributed by atoms with Crippen molar-refractivity contribution in [3.8, 4) is 0 Å². The first-order chi connectivity index (χ1) is 14.1. The summed E-state index contributed by atoms with van der Waals surface area (Å²) in [5.74, 6) is -0.689. The van der Waals surface area contributed by atoms with Crippen molar-refractivity contribution in [1.29, 1.82) is 0 Å². The molecule has 0 unspecified atom stereocenters. The molecule has 2 rings (SSSR count). The largest absolute Gasteiger partial charge is 0.377 e. The van der Waals surface area contributed by atoms with Crippen LogP contribution >= 0.6 is 0 Å². The zero-order valence-corrected chi connectivity index (χ0v) is 18.5. The Hall–Kier alpha value is -3.09. The first-order valence-electron chi connectivity index (χ1n) is 10.0. The highest BCUT2D eigenvalue weighted by molar-refractivity contribution is 5.94. The number of amides is 3. The number of nitrogens with zero attached hydrogens (tertiary/aromatic N) is 2. The lowest BCUT2D eigenvalue weighted by Crippen LogP contribution is -2.37. The van der Waals surface area contributed by atoms with Gasteiger partial charge in [0.2, 0.25) is 0 Å².